The molecular weight excluding hydrogens is 266 g/mol. The molecule has 0 bridgehead atoms. The number of nitrogens with one attached hydrogen (secondary N) is 1. The molecule has 2 rings (SSSR count). The van der Waals surface area contributed by atoms with E-state index in [1.54, 1.807) is 6.20 Å². The van der Waals surface area contributed by atoms with Gasteiger partial charge in [0.2, 0.25) is 0 Å². The van der Waals surface area contributed by atoms with Crippen LogP contribution < -0.4 is 5.32 Å². The van der Waals surface area contributed by atoms with E-state index in [0.717, 1.165) is 25.0 Å². The summed E-state index contributed by atoms with van der Waals surface area (Å²) in [6.45, 7) is 8.63. The van der Waals surface area contributed by atoms with Crippen LogP contribution in [0.2, 0.25) is 0 Å². The predicted octanol–water partition coefficient (Wildman–Crippen LogP) is 2.48. The van der Waals surface area contributed by atoms with Gasteiger partial charge in [0.05, 0.1) is 17.5 Å². The zero-order valence-corrected chi connectivity index (χ0v) is 13.5. The summed E-state index contributed by atoms with van der Waals surface area (Å²) in [5, 5.41) is 16.6. The Morgan fingerprint density at radius 2 is 2.24 bits per heavy atom. The van der Waals surface area contributed by atoms with Gasteiger partial charge in [0, 0.05) is 30.5 Å². The van der Waals surface area contributed by atoms with Gasteiger partial charge in [-0.3, -0.25) is 9.48 Å². The molecule has 1 unspecified atom stereocenters. The Balaban J connectivity index is 2.16. The monoisotopic (exact) mass is 293 g/mol. The van der Waals surface area contributed by atoms with Gasteiger partial charge in [0.25, 0.3) is 5.91 Å². The van der Waals surface area contributed by atoms with Gasteiger partial charge in [0.15, 0.2) is 0 Å². The van der Waals surface area contributed by atoms with Crippen molar-refractivity contribution >= 4 is 5.91 Å². The molecule has 5 heteroatoms. The second kappa shape index (κ2) is 6.18. The predicted molar refractivity (Wildman–Crippen MR) is 82.4 cm³/mol. The maximum absolute atomic E-state index is 12.4. The number of hydrogen-bond acceptors (Lipinski definition) is 3. The van der Waals surface area contributed by atoms with Crippen LogP contribution in [-0.4, -0.2) is 33.9 Å². The molecule has 118 valence electrons. The standard InChI is InChI=1S/C16H27N3O2/c1-5-11(2)19-14(12-6-7-12)13(8-18-19)15(21)17-9-16(3,4)10-20/h8,11-12,20H,5-7,9-10H2,1-4H3,(H,17,21). The molecule has 1 saturated carbocycles. The highest BCUT2D eigenvalue weighted by molar-refractivity contribution is 5.95. The Hall–Kier alpha value is -1.36. The first-order chi connectivity index (χ1) is 9.89. The van der Waals surface area contributed by atoms with Crippen molar-refractivity contribution in [3.63, 3.8) is 0 Å². The number of carbonyl (C=O) groups excluding carboxylic acids is 1. The summed E-state index contributed by atoms with van der Waals surface area (Å²) >= 11 is 0. The molecule has 21 heavy (non-hydrogen) atoms. The average Bonchev–Trinajstić information content (AvgIpc) is 3.22. The van der Waals surface area contributed by atoms with Crippen molar-refractivity contribution in [3.8, 4) is 0 Å². The van der Waals surface area contributed by atoms with Gasteiger partial charge < -0.3 is 10.4 Å². The molecule has 1 aromatic heterocycles. The van der Waals surface area contributed by atoms with Crippen molar-refractivity contribution in [2.24, 2.45) is 5.41 Å². The van der Waals surface area contributed by atoms with E-state index in [9.17, 15) is 9.90 Å². The van der Waals surface area contributed by atoms with Crippen LogP contribution >= 0.6 is 0 Å². The van der Waals surface area contributed by atoms with Crippen molar-refractivity contribution in [2.75, 3.05) is 13.2 Å². The highest BCUT2D eigenvalue weighted by Gasteiger charge is 2.33. The lowest BCUT2D eigenvalue weighted by molar-refractivity contribution is 0.0910. The number of amides is 1. The fourth-order valence-corrected chi connectivity index (χ4v) is 2.31. The van der Waals surface area contributed by atoms with Gasteiger partial charge in [-0.2, -0.15) is 5.10 Å². The Bertz CT molecular complexity index is 504. The molecule has 1 aromatic rings. The topological polar surface area (TPSA) is 67.2 Å². The van der Waals surface area contributed by atoms with Crippen LogP contribution in [0.1, 0.15) is 75.0 Å². The van der Waals surface area contributed by atoms with Gasteiger partial charge in [-0.1, -0.05) is 20.8 Å². The number of hydrogen-bond donors (Lipinski definition) is 2. The summed E-state index contributed by atoms with van der Waals surface area (Å²) in [5.41, 5.74) is 1.48. The van der Waals surface area contributed by atoms with Crippen LogP contribution in [0.4, 0.5) is 0 Å². The molecule has 1 aliphatic rings. The van der Waals surface area contributed by atoms with Gasteiger partial charge in [-0.05, 0) is 26.2 Å². The summed E-state index contributed by atoms with van der Waals surface area (Å²) in [5.74, 6) is 0.404. The average molecular weight is 293 g/mol. The maximum Gasteiger partial charge on any atom is 0.254 e. The number of rotatable bonds is 7. The first kappa shape index (κ1) is 16.0. The van der Waals surface area contributed by atoms with E-state index in [-0.39, 0.29) is 17.9 Å². The van der Waals surface area contributed by atoms with Gasteiger partial charge in [0.1, 0.15) is 0 Å². The van der Waals surface area contributed by atoms with Crippen molar-refractivity contribution < 1.29 is 9.90 Å². The van der Waals surface area contributed by atoms with E-state index in [2.05, 4.69) is 24.3 Å². The summed E-state index contributed by atoms with van der Waals surface area (Å²) in [4.78, 5) is 12.4. The van der Waals surface area contributed by atoms with Crippen LogP contribution in [0.5, 0.6) is 0 Å². The molecular formula is C16H27N3O2. The fraction of sp³-hybridized carbons (Fsp3) is 0.750. The lowest BCUT2D eigenvalue weighted by Gasteiger charge is -2.22. The minimum absolute atomic E-state index is 0.0505. The van der Waals surface area contributed by atoms with Crippen LogP contribution in [0.25, 0.3) is 0 Å². The summed E-state index contributed by atoms with van der Waals surface area (Å²) in [6, 6.07) is 0.316. The van der Waals surface area contributed by atoms with E-state index < -0.39 is 0 Å². The van der Waals surface area contributed by atoms with E-state index in [0.29, 0.717) is 24.1 Å². The van der Waals surface area contributed by atoms with Crippen LogP contribution in [0.15, 0.2) is 6.20 Å². The number of aliphatic hydroxyl groups is 1. The quantitative estimate of drug-likeness (QED) is 0.811. The highest BCUT2D eigenvalue weighted by Crippen LogP contribution is 2.42. The van der Waals surface area contributed by atoms with E-state index in [1.165, 1.54) is 0 Å². The van der Waals surface area contributed by atoms with Gasteiger partial charge in [-0.15, -0.1) is 0 Å². The zero-order chi connectivity index (χ0) is 15.6. The fourth-order valence-electron chi connectivity index (χ4n) is 2.31. The third-order valence-corrected chi connectivity index (χ3v) is 4.21. The van der Waals surface area contributed by atoms with E-state index >= 15 is 0 Å². The SMILES string of the molecule is CCC(C)n1ncc(C(=O)NCC(C)(C)CO)c1C1CC1. The van der Waals surface area contributed by atoms with E-state index in [1.807, 2.05) is 18.5 Å². The molecule has 2 N–H and O–H groups in total. The van der Waals surface area contributed by atoms with Crippen molar-refractivity contribution in [1.29, 1.82) is 0 Å². The molecule has 5 nitrogen and oxygen atoms in total. The lowest BCUT2D eigenvalue weighted by atomic mass is 9.95. The van der Waals surface area contributed by atoms with Crippen LogP contribution in [0.3, 0.4) is 0 Å². The second-order valence-corrected chi connectivity index (χ2v) is 6.92. The van der Waals surface area contributed by atoms with Crippen molar-refractivity contribution in [2.45, 2.75) is 58.9 Å². The van der Waals surface area contributed by atoms with Gasteiger partial charge in [-0.25, -0.2) is 0 Å². The van der Waals surface area contributed by atoms with Crippen LogP contribution in [-0.2, 0) is 0 Å². The molecule has 0 saturated heterocycles. The number of nitrogens with zero attached hydrogens (tertiary/aromatic N) is 2. The van der Waals surface area contributed by atoms with Gasteiger partial charge >= 0.3 is 0 Å². The molecule has 0 aromatic carbocycles. The maximum atomic E-state index is 12.4. The Morgan fingerprint density at radius 1 is 1.57 bits per heavy atom. The summed E-state index contributed by atoms with van der Waals surface area (Å²) in [7, 11) is 0. The molecule has 1 aliphatic carbocycles. The molecule has 0 spiro atoms. The van der Waals surface area contributed by atoms with Crippen LogP contribution in [0, 0.1) is 5.41 Å². The molecule has 1 atom stereocenters. The zero-order valence-electron chi connectivity index (χ0n) is 13.5. The molecule has 1 amide bonds. The normalized spacial score (nSPS) is 16.8. The largest absolute Gasteiger partial charge is 0.396 e. The number of aromatic nitrogens is 2. The first-order valence-corrected chi connectivity index (χ1v) is 7.86. The Morgan fingerprint density at radius 3 is 2.76 bits per heavy atom. The third kappa shape index (κ3) is 3.64. The Labute approximate surface area is 126 Å². The highest BCUT2D eigenvalue weighted by atomic mass is 16.3. The lowest BCUT2D eigenvalue weighted by Crippen LogP contribution is -2.36. The number of aliphatic hydroxyl groups excluding tert-OH is 1. The summed E-state index contributed by atoms with van der Waals surface area (Å²) in [6.07, 6.45) is 4.98. The second-order valence-electron chi connectivity index (χ2n) is 6.92. The number of carbonyl (C=O) groups is 1. The van der Waals surface area contributed by atoms with Crippen molar-refractivity contribution in [3.05, 3.63) is 17.5 Å². The minimum atomic E-state index is -0.303. The molecule has 1 heterocycles. The molecule has 0 radical (unpaired) electrons. The minimum Gasteiger partial charge on any atom is -0.396 e. The van der Waals surface area contributed by atoms with E-state index in [4.69, 9.17) is 0 Å². The first-order valence-electron chi connectivity index (χ1n) is 7.86. The van der Waals surface area contributed by atoms with Crippen molar-refractivity contribution in [1.82, 2.24) is 15.1 Å². The molecule has 0 aliphatic heterocycles. The molecule has 1 fully saturated rings. The summed E-state index contributed by atoms with van der Waals surface area (Å²) < 4.78 is 2.02. The third-order valence-electron chi connectivity index (χ3n) is 4.21. The Kier molecular flexibility index (Phi) is 4.71. The smallest absolute Gasteiger partial charge is 0.254 e.